The van der Waals surface area contributed by atoms with E-state index in [1.807, 2.05) is 13.0 Å². The molecule has 1 aromatic rings. The number of hydrogen-bond acceptors (Lipinski definition) is 6. The molecule has 1 aromatic carbocycles. The zero-order valence-corrected chi connectivity index (χ0v) is 13.7. The molecule has 6 heteroatoms. The van der Waals surface area contributed by atoms with E-state index in [1.165, 1.54) is 0 Å². The van der Waals surface area contributed by atoms with Gasteiger partial charge in [-0.05, 0) is 44.9 Å². The van der Waals surface area contributed by atoms with Crippen molar-refractivity contribution in [2.45, 2.75) is 26.7 Å². The van der Waals surface area contributed by atoms with E-state index >= 15 is 0 Å². The molecule has 6 nitrogen and oxygen atoms in total. The second-order valence-electron chi connectivity index (χ2n) is 5.51. The molecule has 1 aliphatic heterocycles. The molecule has 0 saturated carbocycles. The van der Waals surface area contributed by atoms with Crippen LogP contribution < -0.4 is 10.6 Å². The molecule has 23 heavy (non-hydrogen) atoms. The van der Waals surface area contributed by atoms with Crippen molar-refractivity contribution in [1.82, 2.24) is 0 Å². The van der Waals surface area contributed by atoms with E-state index in [2.05, 4.69) is 4.90 Å². The van der Waals surface area contributed by atoms with E-state index in [1.54, 1.807) is 19.1 Å². The fraction of sp³-hybridized carbons (Fsp3) is 0.529. The van der Waals surface area contributed by atoms with Crippen LogP contribution in [0.25, 0.3) is 0 Å². The predicted octanol–water partition coefficient (Wildman–Crippen LogP) is 2.22. The largest absolute Gasteiger partial charge is 0.466 e. The smallest absolute Gasteiger partial charge is 0.340 e. The molecule has 0 atom stereocenters. The Hall–Kier alpha value is -2.24. The van der Waals surface area contributed by atoms with Gasteiger partial charge < -0.3 is 20.1 Å². The number of piperidine rings is 1. The Kier molecular flexibility index (Phi) is 5.84. The quantitative estimate of drug-likeness (QED) is 0.662. The van der Waals surface area contributed by atoms with Crippen LogP contribution in [0.15, 0.2) is 18.2 Å². The van der Waals surface area contributed by atoms with E-state index in [0.717, 1.165) is 5.69 Å². The van der Waals surface area contributed by atoms with Crippen LogP contribution in [0.1, 0.15) is 37.0 Å². The molecule has 1 heterocycles. The first-order chi connectivity index (χ1) is 11.1. The highest BCUT2D eigenvalue weighted by Crippen LogP contribution is 2.29. The van der Waals surface area contributed by atoms with E-state index < -0.39 is 0 Å². The van der Waals surface area contributed by atoms with Crippen LogP contribution in [0.2, 0.25) is 0 Å². The van der Waals surface area contributed by atoms with Gasteiger partial charge in [0, 0.05) is 18.8 Å². The third kappa shape index (κ3) is 4.15. The molecule has 0 aliphatic carbocycles. The summed E-state index contributed by atoms with van der Waals surface area (Å²) < 4.78 is 10.2. The highest BCUT2D eigenvalue weighted by molar-refractivity contribution is 5.97. The average Bonchev–Trinajstić information content (AvgIpc) is 2.55. The van der Waals surface area contributed by atoms with Crippen LogP contribution in [0.5, 0.6) is 0 Å². The molecular formula is C17H24N2O4. The van der Waals surface area contributed by atoms with Gasteiger partial charge in [-0.3, -0.25) is 4.79 Å². The molecule has 0 aromatic heterocycles. The molecule has 0 radical (unpaired) electrons. The topological polar surface area (TPSA) is 81.9 Å². The van der Waals surface area contributed by atoms with Crippen LogP contribution >= 0.6 is 0 Å². The highest BCUT2D eigenvalue weighted by Gasteiger charge is 2.28. The average molecular weight is 320 g/mol. The van der Waals surface area contributed by atoms with Crippen molar-refractivity contribution in [2.75, 3.05) is 36.9 Å². The van der Waals surface area contributed by atoms with Crippen LogP contribution in [0.4, 0.5) is 11.4 Å². The summed E-state index contributed by atoms with van der Waals surface area (Å²) in [6.45, 7) is 5.70. The van der Waals surface area contributed by atoms with Crippen molar-refractivity contribution in [3.63, 3.8) is 0 Å². The first-order valence-electron chi connectivity index (χ1n) is 8.05. The molecule has 0 bridgehead atoms. The van der Waals surface area contributed by atoms with Gasteiger partial charge in [0.2, 0.25) is 0 Å². The van der Waals surface area contributed by atoms with E-state index in [-0.39, 0.29) is 17.9 Å². The lowest BCUT2D eigenvalue weighted by Crippen LogP contribution is -2.37. The standard InChI is InChI=1S/C17H24N2O4/c1-3-22-16(20)12-7-9-19(10-8-12)15-6-5-13(18)11-14(15)17(21)23-4-2/h5-6,11-12H,3-4,7-10,18H2,1-2H3. The number of nitrogen functional groups attached to an aromatic ring is 1. The lowest BCUT2D eigenvalue weighted by Gasteiger charge is -2.33. The van der Waals surface area contributed by atoms with Crippen LogP contribution in [-0.4, -0.2) is 38.2 Å². The fourth-order valence-electron chi connectivity index (χ4n) is 2.82. The van der Waals surface area contributed by atoms with E-state index in [4.69, 9.17) is 15.2 Å². The Morgan fingerprint density at radius 2 is 1.83 bits per heavy atom. The van der Waals surface area contributed by atoms with Gasteiger partial charge in [0.15, 0.2) is 0 Å². The molecule has 1 aliphatic rings. The monoisotopic (exact) mass is 320 g/mol. The van der Waals surface area contributed by atoms with Gasteiger partial charge in [-0.25, -0.2) is 4.79 Å². The van der Waals surface area contributed by atoms with Crippen molar-refractivity contribution in [2.24, 2.45) is 5.92 Å². The minimum absolute atomic E-state index is 0.0639. The Labute approximate surface area is 136 Å². The SMILES string of the molecule is CCOC(=O)c1cc(N)ccc1N1CCC(C(=O)OCC)CC1. The van der Waals surface area contributed by atoms with Crippen molar-refractivity contribution >= 4 is 23.3 Å². The molecule has 0 spiro atoms. The molecule has 126 valence electrons. The number of benzene rings is 1. The molecule has 2 N–H and O–H groups in total. The summed E-state index contributed by atoms with van der Waals surface area (Å²) in [4.78, 5) is 26.1. The Bertz CT molecular complexity index is 566. The first-order valence-corrected chi connectivity index (χ1v) is 8.05. The van der Waals surface area contributed by atoms with Crippen molar-refractivity contribution in [3.05, 3.63) is 23.8 Å². The third-order valence-electron chi connectivity index (χ3n) is 3.97. The minimum Gasteiger partial charge on any atom is -0.466 e. The second kappa shape index (κ2) is 7.85. The number of carbonyl (C=O) groups is 2. The second-order valence-corrected chi connectivity index (χ2v) is 5.51. The Morgan fingerprint density at radius 3 is 2.43 bits per heavy atom. The van der Waals surface area contributed by atoms with Gasteiger partial charge in [0.1, 0.15) is 0 Å². The van der Waals surface area contributed by atoms with Crippen LogP contribution in [0, 0.1) is 5.92 Å². The Morgan fingerprint density at radius 1 is 1.17 bits per heavy atom. The first kappa shape index (κ1) is 17.1. The molecule has 1 fully saturated rings. The number of rotatable bonds is 5. The summed E-state index contributed by atoms with van der Waals surface area (Å²) in [7, 11) is 0. The van der Waals surface area contributed by atoms with Gasteiger partial charge >= 0.3 is 11.9 Å². The summed E-state index contributed by atoms with van der Waals surface area (Å²) in [5.74, 6) is -0.566. The number of nitrogens with zero attached hydrogens (tertiary/aromatic N) is 1. The van der Waals surface area contributed by atoms with Crippen LogP contribution in [-0.2, 0) is 14.3 Å². The number of hydrogen-bond donors (Lipinski definition) is 1. The summed E-state index contributed by atoms with van der Waals surface area (Å²) in [6.07, 6.45) is 1.43. The lowest BCUT2D eigenvalue weighted by molar-refractivity contribution is -0.148. The van der Waals surface area contributed by atoms with Crippen molar-refractivity contribution in [3.8, 4) is 0 Å². The van der Waals surface area contributed by atoms with E-state index in [0.29, 0.717) is 50.4 Å². The molecule has 0 amide bonds. The summed E-state index contributed by atoms with van der Waals surface area (Å²) >= 11 is 0. The van der Waals surface area contributed by atoms with Gasteiger partial charge in [-0.15, -0.1) is 0 Å². The van der Waals surface area contributed by atoms with Gasteiger partial charge in [0.05, 0.1) is 30.4 Å². The minimum atomic E-state index is -0.373. The van der Waals surface area contributed by atoms with Gasteiger partial charge in [0.25, 0.3) is 0 Å². The zero-order chi connectivity index (χ0) is 16.8. The molecular weight excluding hydrogens is 296 g/mol. The number of anilines is 2. The van der Waals surface area contributed by atoms with E-state index in [9.17, 15) is 9.59 Å². The summed E-state index contributed by atoms with van der Waals surface area (Å²) in [5, 5.41) is 0. The number of esters is 2. The predicted molar refractivity (Wildman–Crippen MR) is 88.4 cm³/mol. The molecule has 0 unspecified atom stereocenters. The maximum Gasteiger partial charge on any atom is 0.340 e. The van der Waals surface area contributed by atoms with Gasteiger partial charge in [-0.1, -0.05) is 0 Å². The number of ether oxygens (including phenoxy) is 2. The normalized spacial score (nSPS) is 15.3. The lowest BCUT2D eigenvalue weighted by atomic mass is 9.96. The molecule has 1 saturated heterocycles. The van der Waals surface area contributed by atoms with Crippen molar-refractivity contribution < 1.29 is 19.1 Å². The fourth-order valence-corrected chi connectivity index (χ4v) is 2.82. The van der Waals surface area contributed by atoms with Crippen LogP contribution in [0.3, 0.4) is 0 Å². The summed E-state index contributed by atoms with van der Waals surface area (Å²) in [6, 6.07) is 5.26. The zero-order valence-electron chi connectivity index (χ0n) is 13.7. The summed E-state index contributed by atoms with van der Waals surface area (Å²) in [5.41, 5.74) is 7.60. The number of carbonyl (C=O) groups excluding carboxylic acids is 2. The Balaban J connectivity index is 2.11. The van der Waals surface area contributed by atoms with Gasteiger partial charge in [-0.2, -0.15) is 0 Å². The molecule has 2 rings (SSSR count). The number of nitrogens with two attached hydrogens (primary N) is 1. The third-order valence-corrected chi connectivity index (χ3v) is 3.97. The van der Waals surface area contributed by atoms with Crippen molar-refractivity contribution in [1.29, 1.82) is 0 Å². The maximum atomic E-state index is 12.1. The highest BCUT2D eigenvalue weighted by atomic mass is 16.5. The maximum absolute atomic E-state index is 12.1.